The maximum absolute atomic E-state index is 13.6. The van der Waals surface area contributed by atoms with Crippen molar-refractivity contribution in [1.82, 2.24) is 25.1 Å². The molecule has 14 heteroatoms. The van der Waals surface area contributed by atoms with Crippen LogP contribution in [0.5, 0.6) is 0 Å². The Bertz CT molecular complexity index is 1660. The van der Waals surface area contributed by atoms with Crippen LogP contribution < -0.4 is 5.32 Å². The normalized spacial score (nSPS) is 15.9. The standard InChI is InChI=1S/C28H38N5O7PS/c1-6-42(38,39)21-10-7-9-20(16-21)26-23-22-15-18(2)17-30-27(22)31-24(23)19(3)25(33(26)5)28(34)29-11-8-12-32(4)13-14-40-41(35,36)37/h7,9-10,15-17,26H,6,8,11-14H2,1-5H3,(H,29,34)(H,30,31)(H2,35,36,37). The number of benzene rings is 1. The van der Waals surface area contributed by atoms with E-state index in [9.17, 15) is 17.8 Å². The van der Waals surface area contributed by atoms with Gasteiger partial charge in [-0.15, -0.1) is 0 Å². The molecule has 1 amide bonds. The van der Waals surface area contributed by atoms with Crippen LogP contribution >= 0.6 is 7.82 Å². The smallest absolute Gasteiger partial charge is 0.359 e. The van der Waals surface area contributed by atoms with Gasteiger partial charge in [0, 0.05) is 42.9 Å². The molecule has 1 aliphatic rings. The predicted octanol–water partition coefficient (Wildman–Crippen LogP) is 2.98. The zero-order valence-corrected chi connectivity index (χ0v) is 26.1. The molecule has 1 atom stereocenters. The molecule has 0 spiro atoms. The number of fused-ring (bicyclic) bond motifs is 3. The Kier molecular flexibility index (Phi) is 9.61. The van der Waals surface area contributed by atoms with Gasteiger partial charge in [0.25, 0.3) is 5.91 Å². The Labute approximate surface area is 245 Å². The zero-order valence-electron chi connectivity index (χ0n) is 24.4. The molecule has 0 bridgehead atoms. The number of phosphoric acid groups is 1. The van der Waals surface area contributed by atoms with Crippen molar-refractivity contribution in [2.75, 3.05) is 46.1 Å². The molecule has 4 N–H and O–H groups in total. The minimum Gasteiger partial charge on any atom is -0.359 e. The Morgan fingerprint density at radius 3 is 2.67 bits per heavy atom. The number of H-pyrrole nitrogens is 1. The molecule has 3 heterocycles. The van der Waals surface area contributed by atoms with Crippen molar-refractivity contribution < 1.29 is 32.1 Å². The van der Waals surface area contributed by atoms with E-state index in [1.165, 1.54) is 0 Å². The molecule has 1 unspecified atom stereocenters. The fourth-order valence-electron chi connectivity index (χ4n) is 5.31. The molecule has 0 fully saturated rings. The number of nitrogens with zero attached hydrogens (tertiary/aromatic N) is 3. The summed E-state index contributed by atoms with van der Waals surface area (Å²) in [5.74, 6) is -0.282. The van der Waals surface area contributed by atoms with E-state index >= 15 is 0 Å². The van der Waals surface area contributed by atoms with Crippen LogP contribution in [-0.2, 0) is 23.7 Å². The lowest BCUT2D eigenvalue weighted by Crippen LogP contribution is -2.39. The van der Waals surface area contributed by atoms with Crippen molar-refractivity contribution in [2.24, 2.45) is 0 Å². The molecule has 0 saturated heterocycles. The minimum atomic E-state index is -4.50. The summed E-state index contributed by atoms with van der Waals surface area (Å²) < 4.78 is 40.8. The van der Waals surface area contributed by atoms with Crippen LogP contribution in [0.25, 0.3) is 16.6 Å². The summed E-state index contributed by atoms with van der Waals surface area (Å²) >= 11 is 0. The van der Waals surface area contributed by atoms with Gasteiger partial charge >= 0.3 is 7.82 Å². The average molecular weight is 620 g/mol. The van der Waals surface area contributed by atoms with Crippen LogP contribution in [0.1, 0.15) is 48.7 Å². The molecule has 1 aliphatic heterocycles. The van der Waals surface area contributed by atoms with Crippen LogP contribution in [-0.4, -0.2) is 90.0 Å². The SMILES string of the molecule is CCS(=O)(=O)c1cccc(C2c3c([nH]c4ncc(C)cc34)C(C)=C(C(=O)NCCCN(C)CCOP(=O)(O)O)N2C)c1. The highest BCUT2D eigenvalue weighted by Gasteiger charge is 2.37. The van der Waals surface area contributed by atoms with Gasteiger partial charge in [-0.25, -0.2) is 18.0 Å². The Morgan fingerprint density at radius 2 is 1.98 bits per heavy atom. The lowest BCUT2D eigenvalue weighted by molar-refractivity contribution is -0.119. The summed E-state index contributed by atoms with van der Waals surface area (Å²) in [5, 5.41) is 3.91. The average Bonchev–Trinajstić information content (AvgIpc) is 3.29. The summed E-state index contributed by atoms with van der Waals surface area (Å²) in [4.78, 5) is 43.2. The molecule has 0 radical (unpaired) electrons. The number of aromatic nitrogens is 2. The molecular formula is C28H38N5O7PS. The van der Waals surface area contributed by atoms with Gasteiger partial charge in [-0.3, -0.25) is 9.32 Å². The van der Waals surface area contributed by atoms with Crippen LogP contribution in [0.2, 0.25) is 0 Å². The van der Waals surface area contributed by atoms with E-state index in [1.54, 1.807) is 38.4 Å². The van der Waals surface area contributed by atoms with Crippen molar-refractivity contribution in [2.45, 2.75) is 38.1 Å². The van der Waals surface area contributed by atoms with Crippen molar-refractivity contribution in [3.8, 4) is 0 Å². The van der Waals surface area contributed by atoms with Gasteiger partial charge < -0.3 is 29.9 Å². The topological polar surface area (TPSA) is 165 Å². The third kappa shape index (κ3) is 6.94. The first-order valence-electron chi connectivity index (χ1n) is 13.6. The van der Waals surface area contributed by atoms with Crippen molar-refractivity contribution in [1.29, 1.82) is 0 Å². The van der Waals surface area contributed by atoms with Gasteiger partial charge in [0.05, 0.1) is 29.0 Å². The van der Waals surface area contributed by atoms with Gasteiger partial charge in [0.15, 0.2) is 9.84 Å². The highest BCUT2D eigenvalue weighted by atomic mass is 32.2. The number of carbonyl (C=O) groups excluding carboxylic acids is 1. The van der Waals surface area contributed by atoms with E-state index in [0.29, 0.717) is 37.4 Å². The van der Waals surface area contributed by atoms with Crippen LogP contribution in [0.15, 0.2) is 47.1 Å². The Hall–Kier alpha value is -3.06. The Balaban J connectivity index is 1.62. The van der Waals surface area contributed by atoms with E-state index in [-0.39, 0.29) is 23.2 Å². The zero-order chi connectivity index (χ0) is 30.8. The molecule has 12 nitrogen and oxygen atoms in total. The molecule has 1 aromatic carbocycles. The number of hydrogen-bond acceptors (Lipinski definition) is 8. The number of rotatable bonds is 12. The van der Waals surface area contributed by atoms with Gasteiger partial charge in [-0.1, -0.05) is 19.1 Å². The van der Waals surface area contributed by atoms with Crippen molar-refractivity contribution in [3.63, 3.8) is 0 Å². The van der Waals surface area contributed by atoms with Gasteiger partial charge in [-0.05, 0) is 63.2 Å². The fraction of sp³-hybridized carbons (Fsp3) is 0.429. The van der Waals surface area contributed by atoms with E-state index in [0.717, 1.165) is 33.3 Å². The molecule has 228 valence electrons. The number of carbonyl (C=O) groups is 1. The van der Waals surface area contributed by atoms with E-state index in [2.05, 4.69) is 19.8 Å². The molecule has 4 rings (SSSR count). The first-order valence-corrected chi connectivity index (χ1v) is 16.8. The summed E-state index contributed by atoms with van der Waals surface area (Å²) in [7, 11) is -4.31. The van der Waals surface area contributed by atoms with Gasteiger partial charge in [0.1, 0.15) is 11.3 Å². The first-order chi connectivity index (χ1) is 19.7. The number of phosphoric ester groups is 1. The van der Waals surface area contributed by atoms with Crippen LogP contribution in [0.3, 0.4) is 0 Å². The third-order valence-electron chi connectivity index (χ3n) is 7.43. The first kappa shape index (κ1) is 31.9. The fourth-order valence-corrected chi connectivity index (χ4v) is 6.56. The molecule has 0 saturated carbocycles. The Morgan fingerprint density at radius 1 is 1.24 bits per heavy atom. The quantitative estimate of drug-likeness (QED) is 0.175. The number of aromatic amines is 1. The molecular weight excluding hydrogens is 581 g/mol. The number of nitrogens with one attached hydrogen (secondary N) is 2. The maximum Gasteiger partial charge on any atom is 0.469 e. The predicted molar refractivity (Wildman–Crippen MR) is 160 cm³/mol. The summed E-state index contributed by atoms with van der Waals surface area (Å²) in [6, 6.07) is 8.49. The minimum absolute atomic E-state index is 0.0169. The number of amides is 1. The summed E-state index contributed by atoms with van der Waals surface area (Å²) in [6.07, 6.45) is 2.38. The number of aryl methyl sites for hydroxylation is 1. The second-order valence-electron chi connectivity index (χ2n) is 10.5. The molecule has 3 aromatic rings. The van der Waals surface area contributed by atoms with Crippen LogP contribution in [0, 0.1) is 6.92 Å². The largest absolute Gasteiger partial charge is 0.469 e. The second-order valence-corrected chi connectivity index (χ2v) is 14.0. The van der Waals surface area contributed by atoms with E-state index < -0.39 is 23.7 Å². The van der Waals surface area contributed by atoms with Gasteiger partial charge in [0.2, 0.25) is 0 Å². The molecule has 42 heavy (non-hydrogen) atoms. The molecule has 2 aromatic heterocycles. The van der Waals surface area contributed by atoms with E-state index in [4.69, 9.17) is 9.79 Å². The van der Waals surface area contributed by atoms with Crippen molar-refractivity contribution in [3.05, 3.63) is 64.6 Å². The van der Waals surface area contributed by atoms with Crippen molar-refractivity contribution >= 4 is 40.2 Å². The highest BCUT2D eigenvalue weighted by Crippen LogP contribution is 2.45. The summed E-state index contributed by atoms with van der Waals surface area (Å²) in [6.45, 7) is 6.65. The number of likely N-dealkylation sites (N-methyl/N-ethyl adjacent to an activating group) is 2. The van der Waals surface area contributed by atoms with Gasteiger partial charge in [-0.2, -0.15) is 0 Å². The number of hydrogen-bond donors (Lipinski definition) is 4. The van der Waals surface area contributed by atoms with Crippen LogP contribution in [0.4, 0.5) is 0 Å². The number of pyridine rings is 1. The third-order valence-corrected chi connectivity index (χ3v) is 9.68. The maximum atomic E-state index is 13.6. The highest BCUT2D eigenvalue weighted by molar-refractivity contribution is 7.91. The molecule has 0 aliphatic carbocycles. The summed E-state index contributed by atoms with van der Waals surface area (Å²) in [5.41, 5.74) is 5.34. The second kappa shape index (κ2) is 12.7. The lowest BCUT2D eigenvalue weighted by Gasteiger charge is -2.37. The number of allylic oxidation sites excluding steroid dienone is 1. The lowest BCUT2D eigenvalue weighted by atomic mass is 9.88. The monoisotopic (exact) mass is 619 g/mol. The number of sulfone groups is 1. The van der Waals surface area contributed by atoms with E-state index in [1.807, 2.05) is 42.8 Å².